The molecule has 0 spiro atoms. The van der Waals surface area contributed by atoms with Gasteiger partial charge in [0.2, 0.25) is 5.91 Å². The zero-order valence-electron chi connectivity index (χ0n) is 11.0. The van der Waals surface area contributed by atoms with Gasteiger partial charge in [-0.3, -0.25) is 4.79 Å². The molecule has 1 saturated heterocycles. The van der Waals surface area contributed by atoms with Crippen LogP contribution in [-0.2, 0) is 16.1 Å². The van der Waals surface area contributed by atoms with Gasteiger partial charge >= 0.3 is 0 Å². The molecule has 2 N–H and O–H groups in total. The highest BCUT2D eigenvalue weighted by Crippen LogP contribution is 2.10. The van der Waals surface area contributed by atoms with Crippen LogP contribution in [0.25, 0.3) is 0 Å². The van der Waals surface area contributed by atoms with Crippen LogP contribution in [0.5, 0.6) is 0 Å². The minimum absolute atomic E-state index is 0.00896. The SMILES string of the molecule is Cc1ccc(CNC(=O)C2COCCN2)c(C)c1. The van der Waals surface area contributed by atoms with Crippen LogP contribution < -0.4 is 10.6 Å². The number of hydrogen-bond acceptors (Lipinski definition) is 3. The Morgan fingerprint density at radius 1 is 1.50 bits per heavy atom. The molecule has 1 amide bonds. The van der Waals surface area contributed by atoms with Crippen LogP contribution in [-0.4, -0.2) is 31.7 Å². The summed E-state index contributed by atoms with van der Waals surface area (Å²) < 4.78 is 5.27. The van der Waals surface area contributed by atoms with Gasteiger partial charge in [0.1, 0.15) is 6.04 Å². The van der Waals surface area contributed by atoms with Gasteiger partial charge in [0.15, 0.2) is 0 Å². The van der Waals surface area contributed by atoms with Gasteiger partial charge in [-0.15, -0.1) is 0 Å². The summed E-state index contributed by atoms with van der Waals surface area (Å²) in [6.45, 7) is 6.58. The second-order valence-electron chi connectivity index (χ2n) is 4.73. The van der Waals surface area contributed by atoms with E-state index in [1.807, 2.05) is 0 Å². The second-order valence-corrected chi connectivity index (χ2v) is 4.73. The van der Waals surface area contributed by atoms with E-state index >= 15 is 0 Å². The lowest BCUT2D eigenvalue weighted by Crippen LogP contribution is -2.51. The van der Waals surface area contributed by atoms with Crippen molar-refractivity contribution in [3.63, 3.8) is 0 Å². The molecule has 0 aromatic heterocycles. The van der Waals surface area contributed by atoms with Crippen LogP contribution in [0.2, 0.25) is 0 Å². The van der Waals surface area contributed by atoms with Crippen LogP contribution in [0.1, 0.15) is 16.7 Å². The van der Waals surface area contributed by atoms with E-state index in [-0.39, 0.29) is 11.9 Å². The maximum Gasteiger partial charge on any atom is 0.239 e. The van der Waals surface area contributed by atoms with Crippen molar-refractivity contribution in [1.29, 1.82) is 0 Å². The van der Waals surface area contributed by atoms with Gasteiger partial charge in [0.05, 0.1) is 13.2 Å². The number of aryl methyl sites for hydroxylation is 2. The Labute approximate surface area is 108 Å². The number of amides is 1. The molecule has 1 aliphatic rings. The Bertz CT molecular complexity index is 426. The number of benzene rings is 1. The molecule has 1 aromatic carbocycles. The van der Waals surface area contributed by atoms with Gasteiger partial charge in [-0.25, -0.2) is 0 Å². The number of carbonyl (C=O) groups is 1. The average Bonchev–Trinajstić information content (AvgIpc) is 2.38. The van der Waals surface area contributed by atoms with Crippen molar-refractivity contribution in [2.45, 2.75) is 26.4 Å². The fourth-order valence-corrected chi connectivity index (χ4v) is 2.08. The third-order valence-electron chi connectivity index (χ3n) is 3.19. The summed E-state index contributed by atoms with van der Waals surface area (Å²) in [5.41, 5.74) is 3.61. The molecule has 4 nitrogen and oxygen atoms in total. The molecule has 1 heterocycles. The summed E-state index contributed by atoms with van der Waals surface area (Å²) in [5.74, 6) is 0.00896. The van der Waals surface area contributed by atoms with Crippen molar-refractivity contribution >= 4 is 5.91 Å². The van der Waals surface area contributed by atoms with Gasteiger partial charge in [-0.1, -0.05) is 23.8 Å². The van der Waals surface area contributed by atoms with Crippen LogP contribution in [0.3, 0.4) is 0 Å². The van der Waals surface area contributed by atoms with E-state index in [1.165, 1.54) is 11.1 Å². The summed E-state index contributed by atoms with van der Waals surface area (Å²) in [4.78, 5) is 11.9. The zero-order chi connectivity index (χ0) is 13.0. The number of morpholine rings is 1. The standard InChI is InChI=1S/C14H20N2O2/c1-10-3-4-12(11(2)7-10)8-16-14(17)13-9-18-6-5-15-13/h3-4,7,13,15H,5-6,8-9H2,1-2H3,(H,16,17). The number of ether oxygens (including phenoxy) is 1. The van der Waals surface area contributed by atoms with Crippen LogP contribution in [0, 0.1) is 13.8 Å². The molecule has 1 aromatic rings. The highest BCUT2D eigenvalue weighted by molar-refractivity contribution is 5.82. The highest BCUT2D eigenvalue weighted by Gasteiger charge is 2.20. The Kier molecular flexibility index (Phi) is 4.33. The van der Waals surface area contributed by atoms with E-state index in [4.69, 9.17) is 4.74 Å². The van der Waals surface area contributed by atoms with Gasteiger partial charge in [0, 0.05) is 13.1 Å². The molecular weight excluding hydrogens is 228 g/mol. The molecule has 1 unspecified atom stereocenters. The summed E-state index contributed by atoms with van der Waals surface area (Å²) in [6, 6.07) is 6.04. The molecule has 0 radical (unpaired) electrons. The van der Waals surface area contributed by atoms with Gasteiger partial charge in [0.25, 0.3) is 0 Å². The molecule has 0 aliphatic carbocycles. The first kappa shape index (κ1) is 13.1. The first-order valence-corrected chi connectivity index (χ1v) is 6.32. The fraction of sp³-hybridized carbons (Fsp3) is 0.500. The van der Waals surface area contributed by atoms with Gasteiger partial charge < -0.3 is 15.4 Å². The number of nitrogens with one attached hydrogen (secondary N) is 2. The van der Waals surface area contributed by atoms with Crippen molar-refractivity contribution in [3.05, 3.63) is 34.9 Å². The lowest BCUT2D eigenvalue weighted by molar-refractivity contribution is -0.126. The van der Waals surface area contributed by atoms with E-state index in [0.717, 1.165) is 12.1 Å². The lowest BCUT2D eigenvalue weighted by atomic mass is 10.1. The summed E-state index contributed by atoms with van der Waals surface area (Å²) >= 11 is 0. The normalized spacial score (nSPS) is 19.6. The lowest BCUT2D eigenvalue weighted by Gasteiger charge is -2.23. The Balaban J connectivity index is 1.88. The molecule has 0 bridgehead atoms. The number of rotatable bonds is 3. The molecule has 0 saturated carbocycles. The Morgan fingerprint density at radius 2 is 2.33 bits per heavy atom. The van der Waals surface area contributed by atoms with Gasteiger partial charge in [-0.2, -0.15) is 0 Å². The third kappa shape index (κ3) is 3.31. The first-order chi connectivity index (χ1) is 8.66. The van der Waals surface area contributed by atoms with Crippen molar-refractivity contribution in [2.75, 3.05) is 19.8 Å². The second kappa shape index (κ2) is 5.98. The molecule has 1 aliphatic heterocycles. The van der Waals surface area contributed by atoms with Crippen LogP contribution in [0.4, 0.5) is 0 Å². The molecule has 4 heteroatoms. The smallest absolute Gasteiger partial charge is 0.239 e. The minimum atomic E-state index is -0.218. The third-order valence-corrected chi connectivity index (χ3v) is 3.19. The van der Waals surface area contributed by atoms with Crippen molar-refractivity contribution in [3.8, 4) is 0 Å². The fourth-order valence-electron chi connectivity index (χ4n) is 2.08. The Hall–Kier alpha value is -1.39. The van der Waals surface area contributed by atoms with Crippen molar-refractivity contribution < 1.29 is 9.53 Å². The molecule has 1 atom stereocenters. The molecular formula is C14H20N2O2. The first-order valence-electron chi connectivity index (χ1n) is 6.32. The van der Waals surface area contributed by atoms with E-state index in [0.29, 0.717) is 19.8 Å². The van der Waals surface area contributed by atoms with E-state index in [1.54, 1.807) is 0 Å². The summed E-state index contributed by atoms with van der Waals surface area (Å²) in [7, 11) is 0. The van der Waals surface area contributed by atoms with E-state index in [9.17, 15) is 4.79 Å². The average molecular weight is 248 g/mol. The summed E-state index contributed by atoms with van der Waals surface area (Å²) in [5, 5.41) is 6.09. The predicted octanol–water partition coefficient (Wildman–Crippen LogP) is 0.908. The number of carbonyl (C=O) groups excluding carboxylic acids is 1. The minimum Gasteiger partial charge on any atom is -0.378 e. The van der Waals surface area contributed by atoms with Gasteiger partial charge in [-0.05, 0) is 25.0 Å². The molecule has 98 valence electrons. The summed E-state index contributed by atoms with van der Waals surface area (Å²) in [6.07, 6.45) is 0. The topological polar surface area (TPSA) is 50.4 Å². The maximum absolute atomic E-state index is 11.9. The number of hydrogen-bond donors (Lipinski definition) is 2. The molecule has 1 fully saturated rings. The van der Waals surface area contributed by atoms with Crippen LogP contribution in [0.15, 0.2) is 18.2 Å². The largest absolute Gasteiger partial charge is 0.378 e. The van der Waals surface area contributed by atoms with E-state index in [2.05, 4.69) is 42.7 Å². The van der Waals surface area contributed by atoms with Crippen molar-refractivity contribution in [1.82, 2.24) is 10.6 Å². The predicted molar refractivity (Wildman–Crippen MR) is 70.4 cm³/mol. The molecule has 2 rings (SSSR count). The highest BCUT2D eigenvalue weighted by atomic mass is 16.5. The van der Waals surface area contributed by atoms with Crippen LogP contribution >= 0.6 is 0 Å². The Morgan fingerprint density at radius 3 is 3.00 bits per heavy atom. The van der Waals surface area contributed by atoms with E-state index < -0.39 is 0 Å². The maximum atomic E-state index is 11.9. The monoisotopic (exact) mass is 248 g/mol. The zero-order valence-corrected chi connectivity index (χ0v) is 11.0. The quantitative estimate of drug-likeness (QED) is 0.836. The molecule has 18 heavy (non-hydrogen) atoms. The van der Waals surface area contributed by atoms with Crippen molar-refractivity contribution in [2.24, 2.45) is 0 Å².